The van der Waals surface area contributed by atoms with Gasteiger partial charge in [0.2, 0.25) is 5.91 Å². The van der Waals surface area contributed by atoms with E-state index in [1.165, 1.54) is 22.3 Å². The molecule has 110 valence electrons. The number of nitrogens with one attached hydrogen (secondary N) is 1. The van der Waals surface area contributed by atoms with E-state index in [4.69, 9.17) is 0 Å². The first-order valence-electron chi connectivity index (χ1n) is 7.06. The van der Waals surface area contributed by atoms with Gasteiger partial charge >= 0.3 is 0 Å². The zero-order valence-corrected chi connectivity index (χ0v) is 11.9. The first-order chi connectivity index (χ1) is 10.2. The standard InChI is InChI=1S/C14H18N6O/c1-11(8-15-14(21)9-19-10-16-17-18-19)20-7-6-12-4-2-3-5-13(12)20/h2-5,10-11H,6-9H2,1H3,(H,15,21)/t11-/m0/s1. The molecule has 0 radical (unpaired) electrons. The van der Waals surface area contributed by atoms with Gasteiger partial charge < -0.3 is 10.2 Å². The molecule has 1 aliphatic rings. The first-order valence-corrected chi connectivity index (χ1v) is 7.06. The van der Waals surface area contributed by atoms with Crippen molar-refractivity contribution in [2.45, 2.75) is 25.9 Å². The third kappa shape index (κ3) is 3.01. The van der Waals surface area contributed by atoms with Gasteiger partial charge in [0.15, 0.2) is 0 Å². The highest BCUT2D eigenvalue weighted by molar-refractivity contribution is 5.75. The number of fused-ring (bicyclic) bond motifs is 1. The highest BCUT2D eigenvalue weighted by Crippen LogP contribution is 2.28. The minimum absolute atomic E-state index is 0.0818. The Kier molecular flexibility index (Phi) is 3.81. The van der Waals surface area contributed by atoms with Crippen LogP contribution in [0.2, 0.25) is 0 Å². The van der Waals surface area contributed by atoms with Crippen molar-refractivity contribution in [1.82, 2.24) is 25.5 Å². The third-order valence-electron chi connectivity index (χ3n) is 3.75. The van der Waals surface area contributed by atoms with Crippen molar-refractivity contribution >= 4 is 11.6 Å². The third-order valence-corrected chi connectivity index (χ3v) is 3.75. The van der Waals surface area contributed by atoms with Crippen LogP contribution in [0.3, 0.4) is 0 Å². The molecule has 1 aromatic heterocycles. The van der Waals surface area contributed by atoms with Crippen molar-refractivity contribution in [3.05, 3.63) is 36.2 Å². The van der Waals surface area contributed by atoms with Gasteiger partial charge in [-0.2, -0.15) is 0 Å². The van der Waals surface area contributed by atoms with Gasteiger partial charge in [-0.25, -0.2) is 4.68 Å². The molecule has 2 heterocycles. The monoisotopic (exact) mass is 286 g/mol. The molecule has 1 atom stereocenters. The van der Waals surface area contributed by atoms with E-state index in [0.717, 1.165) is 13.0 Å². The second kappa shape index (κ2) is 5.90. The largest absolute Gasteiger partial charge is 0.366 e. The topological polar surface area (TPSA) is 75.9 Å². The Morgan fingerprint density at radius 2 is 2.29 bits per heavy atom. The van der Waals surface area contributed by atoms with Crippen molar-refractivity contribution in [2.24, 2.45) is 0 Å². The van der Waals surface area contributed by atoms with Gasteiger partial charge in [0, 0.05) is 24.8 Å². The molecule has 1 aromatic carbocycles. The highest BCUT2D eigenvalue weighted by Gasteiger charge is 2.23. The summed E-state index contributed by atoms with van der Waals surface area (Å²) >= 11 is 0. The molecule has 0 spiro atoms. The van der Waals surface area contributed by atoms with E-state index in [-0.39, 0.29) is 18.5 Å². The van der Waals surface area contributed by atoms with Crippen LogP contribution in [0.5, 0.6) is 0 Å². The minimum atomic E-state index is -0.0818. The van der Waals surface area contributed by atoms with Crippen molar-refractivity contribution in [3.63, 3.8) is 0 Å². The molecule has 7 nitrogen and oxygen atoms in total. The molecular formula is C14H18N6O. The van der Waals surface area contributed by atoms with Crippen LogP contribution in [0.4, 0.5) is 5.69 Å². The molecule has 0 bridgehead atoms. The summed E-state index contributed by atoms with van der Waals surface area (Å²) in [5, 5.41) is 13.6. The zero-order valence-electron chi connectivity index (χ0n) is 11.9. The fraction of sp³-hybridized carbons (Fsp3) is 0.429. The van der Waals surface area contributed by atoms with Gasteiger partial charge in [-0.15, -0.1) is 5.10 Å². The number of carbonyl (C=O) groups excluding carboxylic acids is 1. The SMILES string of the molecule is C[C@@H](CNC(=O)Cn1cnnn1)N1CCc2ccccc21. The van der Waals surface area contributed by atoms with E-state index in [9.17, 15) is 4.79 Å². The summed E-state index contributed by atoms with van der Waals surface area (Å²) in [5.41, 5.74) is 2.66. The lowest BCUT2D eigenvalue weighted by molar-refractivity contribution is -0.121. The van der Waals surface area contributed by atoms with Crippen molar-refractivity contribution in [3.8, 4) is 0 Å². The number of hydrogen-bond donors (Lipinski definition) is 1. The molecule has 2 aromatic rings. The lowest BCUT2D eigenvalue weighted by Crippen LogP contribution is -2.42. The van der Waals surface area contributed by atoms with E-state index < -0.39 is 0 Å². The minimum Gasteiger partial charge on any atom is -0.366 e. The average molecular weight is 286 g/mol. The van der Waals surface area contributed by atoms with Gasteiger partial charge in [0.25, 0.3) is 0 Å². The van der Waals surface area contributed by atoms with Gasteiger partial charge in [-0.05, 0) is 35.4 Å². The maximum atomic E-state index is 11.8. The molecule has 3 rings (SSSR count). The lowest BCUT2D eigenvalue weighted by Gasteiger charge is -2.27. The Hall–Kier alpha value is -2.44. The molecule has 21 heavy (non-hydrogen) atoms. The number of anilines is 1. The summed E-state index contributed by atoms with van der Waals surface area (Å²) in [5.74, 6) is -0.0818. The summed E-state index contributed by atoms with van der Waals surface area (Å²) in [6, 6.07) is 8.69. The molecular weight excluding hydrogens is 268 g/mol. The van der Waals surface area contributed by atoms with Crippen LogP contribution in [0.25, 0.3) is 0 Å². The zero-order chi connectivity index (χ0) is 14.7. The Bertz CT molecular complexity index is 612. The molecule has 1 aliphatic heterocycles. The smallest absolute Gasteiger partial charge is 0.241 e. The predicted molar refractivity (Wildman–Crippen MR) is 77.8 cm³/mol. The first kappa shape index (κ1) is 13.5. The number of carbonyl (C=O) groups is 1. The maximum Gasteiger partial charge on any atom is 0.241 e. The van der Waals surface area contributed by atoms with Crippen LogP contribution >= 0.6 is 0 Å². The fourth-order valence-electron chi connectivity index (χ4n) is 2.65. The average Bonchev–Trinajstić information content (AvgIpc) is 3.13. The van der Waals surface area contributed by atoms with Gasteiger partial charge in [0.05, 0.1) is 0 Å². The number of aromatic nitrogens is 4. The van der Waals surface area contributed by atoms with Crippen molar-refractivity contribution in [1.29, 1.82) is 0 Å². The van der Waals surface area contributed by atoms with Crippen molar-refractivity contribution in [2.75, 3.05) is 18.0 Å². The number of nitrogens with zero attached hydrogens (tertiary/aromatic N) is 5. The number of rotatable bonds is 5. The Labute approximate surface area is 122 Å². The van der Waals surface area contributed by atoms with E-state index in [0.29, 0.717) is 6.54 Å². The number of amides is 1. The molecule has 0 unspecified atom stereocenters. The number of para-hydroxylation sites is 1. The Balaban J connectivity index is 1.53. The summed E-state index contributed by atoms with van der Waals surface area (Å²) in [7, 11) is 0. The van der Waals surface area contributed by atoms with Gasteiger partial charge in [0.1, 0.15) is 12.9 Å². The molecule has 7 heteroatoms. The number of hydrogen-bond acceptors (Lipinski definition) is 5. The van der Waals surface area contributed by atoms with E-state index in [2.05, 4.69) is 56.9 Å². The molecule has 0 saturated heterocycles. The summed E-state index contributed by atoms with van der Waals surface area (Å²) < 4.78 is 1.41. The van der Waals surface area contributed by atoms with Crippen molar-refractivity contribution < 1.29 is 4.79 Å². The fourth-order valence-corrected chi connectivity index (χ4v) is 2.65. The summed E-state index contributed by atoms with van der Waals surface area (Å²) in [6.45, 7) is 3.88. The Morgan fingerprint density at radius 1 is 1.43 bits per heavy atom. The quantitative estimate of drug-likeness (QED) is 0.852. The van der Waals surface area contributed by atoms with Crippen LogP contribution < -0.4 is 10.2 Å². The van der Waals surface area contributed by atoms with Crippen LogP contribution in [0.15, 0.2) is 30.6 Å². The van der Waals surface area contributed by atoms with Gasteiger partial charge in [-0.3, -0.25) is 4.79 Å². The van der Waals surface area contributed by atoms with Crippen LogP contribution in [0.1, 0.15) is 12.5 Å². The van der Waals surface area contributed by atoms with E-state index in [1.807, 2.05) is 0 Å². The molecule has 0 aliphatic carbocycles. The second-order valence-corrected chi connectivity index (χ2v) is 5.23. The predicted octanol–water partition coefficient (Wildman–Crippen LogP) is 0.241. The molecule has 1 N–H and O–H groups in total. The van der Waals surface area contributed by atoms with E-state index in [1.54, 1.807) is 0 Å². The second-order valence-electron chi connectivity index (χ2n) is 5.23. The van der Waals surface area contributed by atoms with E-state index >= 15 is 0 Å². The van der Waals surface area contributed by atoms with Crippen LogP contribution in [0, 0.1) is 0 Å². The highest BCUT2D eigenvalue weighted by atomic mass is 16.2. The number of benzene rings is 1. The molecule has 0 saturated carbocycles. The molecule has 1 amide bonds. The normalized spacial score (nSPS) is 14.8. The summed E-state index contributed by atoms with van der Waals surface area (Å²) in [6.07, 6.45) is 2.50. The maximum absolute atomic E-state index is 11.8. The number of tetrazole rings is 1. The van der Waals surface area contributed by atoms with Gasteiger partial charge in [-0.1, -0.05) is 18.2 Å². The summed E-state index contributed by atoms with van der Waals surface area (Å²) in [4.78, 5) is 14.2. The van der Waals surface area contributed by atoms with Crippen LogP contribution in [-0.4, -0.2) is 45.2 Å². The molecule has 0 fully saturated rings. The van der Waals surface area contributed by atoms with Crippen LogP contribution in [-0.2, 0) is 17.8 Å². The lowest BCUT2D eigenvalue weighted by atomic mass is 10.2. The Morgan fingerprint density at radius 3 is 3.10 bits per heavy atom.